The second-order valence-electron chi connectivity index (χ2n) is 9.20. The lowest BCUT2D eigenvalue weighted by Crippen LogP contribution is -2.48. The van der Waals surface area contributed by atoms with Crippen LogP contribution in [0.3, 0.4) is 0 Å². The molecule has 0 aromatic carbocycles. The standard InChI is InChI=1S/C22H24F2N8O2/c1-10-4-7-12-14(31-32(18(12)26-10)9-8-21(2,23)24)17-28-15(25)13-16(29-17)30-20(34)22(13,3)19(33)27-11-5-6-11/h4,7,11H,5-6,8-9H2,1-3H3,(H,27,33)(H3,25,28,29,30,34). The van der Waals surface area contributed by atoms with E-state index in [0.717, 1.165) is 19.8 Å². The SMILES string of the molecule is Cc1ccc2c(-c3nc(N)c4c(n3)NC(=O)C4(C)C(=O)NC3CC3)nn(CCC(C)(F)F)c2n1. The fourth-order valence-electron chi connectivity index (χ4n) is 4.06. The monoisotopic (exact) mass is 470 g/mol. The number of aryl methyl sites for hydroxylation is 2. The summed E-state index contributed by atoms with van der Waals surface area (Å²) in [5.74, 6) is -3.67. The van der Waals surface area contributed by atoms with E-state index in [4.69, 9.17) is 5.73 Å². The van der Waals surface area contributed by atoms with Gasteiger partial charge in [0, 0.05) is 24.7 Å². The molecule has 2 aliphatic rings. The van der Waals surface area contributed by atoms with E-state index >= 15 is 0 Å². The van der Waals surface area contributed by atoms with Gasteiger partial charge >= 0.3 is 0 Å². The van der Waals surface area contributed by atoms with Crippen LogP contribution in [0.5, 0.6) is 0 Å². The van der Waals surface area contributed by atoms with Gasteiger partial charge in [0.1, 0.15) is 17.3 Å². The number of rotatable bonds is 6. The second kappa shape index (κ2) is 7.40. The van der Waals surface area contributed by atoms with Crippen LogP contribution >= 0.6 is 0 Å². The van der Waals surface area contributed by atoms with Crippen molar-refractivity contribution < 1.29 is 18.4 Å². The highest BCUT2D eigenvalue weighted by atomic mass is 19.3. The minimum atomic E-state index is -2.87. The van der Waals surface area contributed by atoms with Crippen LogP contribution in [0.2, 0.25) is 0 Å². The number of nitrogen functional groups attached to an aromatic ring is 1. The Morgan fingerprint density at radius 2 is 2.06 bits per heavy atom. The topological polar surface area (TPSA) is 141 Å². The lowest BCUT2D eigenvalue weighted by molar-refractivity contribution is -0.133. The highest BCUT2D eigenvalue weighted by molar-refractivity contribution is 6.21. The Morgan fingerprint density at radius 3 is 2.74 bits per heavy atom. The summed E-state index contributed by atoms with van der Waals surface area (Å²) in [4.78, 5) is 39.0. The van der Waals surface area contributed by atoms with Gasteiger partial charge in [-0.2, -0.15) is 5.10 Å². The van der Waals surface area contributed by atoms with Gasteiger partial charge in [-0.25, -0.2) is 28.4 Å². The first-order valence-corrected chi connectivity index (χ1v) is 11.0. The molecule has 10 nitrogen and oxygen atoms in total. The minimum absolute atomic E-state index is 0.0327. The summed E-state index contributed by atoms with van der Waals surface area (Å²) in [5.41, 5.74) is 6.31. The third-order valence-corrected chi connectivity index (χ3v) is 6.20. The first-order valence-electron chi connectivity index (χ1n) is 11.0. The summed E-state index contributed by atoms with van der Waals surface area (Å²) in [6.07, 6.45) is 1.32. The van der Waals surface area contributed by atoms with E-state index < -0.39 is 29.6 Å². The number of halogens is 2. The zero-order valence-corrected chi connectivity index (χ0v) is 18.9. The number of anilines is 2. The molecule has 1 aliphatic heterocycles. The van der Waals surface area contributed by atoms with E-state index in [9.17, 15) is 18.4 Å². The number of hydrogen-bond acceptors (Lipinski definition) is 7. The number of pyridine rings is 1. The fourth-order valence-corrected chi connectivity index (χ4v) is 4.06. The molecule has 0 radical (unpaired) electrons. The summed E-state index contributed by atoms with van der Waals surface area (Å²) in [6.45, 7) is 4.07. The molecule has 2 amide bonds. The maximum Gasteiger partial charge on any atom is 0.247 e. The summed E-state index contributed by atoms with van der Waals surface area (Å²) in [6, 6.07) is 3.59. The van der Waals surface area contributed by atoms with Gasteiger partial charge in [0.05, 0.1) is 10.9 Å². The lowest BCUT2D eigenvalue weighted by atomic mass is 9.83. The van der Waals surface area contributed by atoms with Gasteiger partial charge in [0.2, 0.25) is 17.7 Å². The van der Waals surface area contributed by atoms with E-state index in [0.29, 0.717) is 22.4 Å². The summed E-state index contributed by atoms with van der Waals surface area (Å²) in [5, 5.41) is 10.5. The quantitative estimate of drug-likeness (QED) is 0.470. The van der Waals surface area contributed by atoms with Crippen molar-refractivity contribution in [2.45, 2.75) is 64.0 Å². The molecule has 178 valence electrons. The highest BCUT2D eigenvalue weighted by Gasteiger charge is 2.53. The molecule has 1 unspecified atom stereocenters. The van der Waals surface area contributed by atoms with Gasteiger partial charge < -0.3 is 16.4 Å². The van der Waals surface area contributed by atoms with Crippen molar-refractivity contribution in [2.75, 3.05) is 11.1 Å². The highest BCUT2D eigenvalue weighted by Crippen LogP contribution is 2.42. The molecule has 4 N–H and O–H groups in total. The maximum absolute atomic E-state index is 13.5. The Balaban J connectivity index is 1.59. The Kier molecular flexibility index (Phi) is 4.81. The Labute approximate surface area is 193 Å². The molecule has 3 aromatic rings. The summed E-state index contributed by atoms with van der Waals surface area (Å²) >= 11 is 0. The molecular weight excluding hydrogens is 446 g/mol. The third kappa shape index (κ3) is 3.62. The van der Waals surface area contributed by atoms with Crippen molar-refractivity contribution >= 4 is 34.5 Å². The van der Waals surface area contributed by atoms with Gasteiger partial charge in [-0.3, -0.25) is 9.59 Å². The maximum atomic E-state index is 13.5. The smallest absolute Gasteiger partial charge is 0.247 e. The average molecular weight is 470 g/mol. The van der Waals surface area contributed by atoms with Gasteiger partial charge in [0.25, 0.3) is 0 Å². The predicted molar refractivity (Wildman–Crippen MR) is 120 cm³/mol. The number of carbonyl (C=O) groups excluding carboxylic acids is 2. The van der Waals surface area contributed by atoms with E-state index in [1.807, 2.05) is 0 Å². The normalized spacial score (nSPS) is 19.9. The molecular formula is C22H24F2N8O2. The first-order chi connectivity index (χ1) is 16.0. The van der Waals surface area contributed by atoms with Gasteiger partial charge in [-0.15, -0.1) is 0 Å². The Hall–Kier alpha value is -3.70. The summed E-state index contributed by atoms with van der Waals surface area (Å²) in [7, 11) is 0. The molecule has 0 spiro atoms. The predicted octanol–water partition coefficient (Wildman–Crippen LogP) is 2.31. The number of nitrogens with two attached hydrogens (primary N) is 1. The van der Waals surface area contributed by atoms with Crippen LogP contribution in [0.4, 0.5) is 20.4 Å². The molecule has 1 fully saturated rings. The molecule has 5 rings (SSSR count). The molecule has 0 saturated heterocycles. The number of amides is 2. The van der Waals surface area contributed by atoms with Crippen molar-refractivity contribution in [3.63, 3.8) is 0 Å². The largest absolute Gasteiger partial charge is 0.383 e. The number of alkyl halides is 2. The fraction of sp³-hybridized carbons (Fsp3) is 0.455. The van der Waals surface area contributed by atoms with Crippen LogP contribution in [0.15, 0.2) is 12.1 Å². The van der Waals surface area contributed by atoms with Crippen molar-refractivity contribution in [3.05, 3.63) is 23.4 Å². The number of hydrogen-bond donors (Lipinski definition) is 3. The zero-order valence-electron chi connectivity index (χ0n) is 18.9. The first kappa shape index (κ1) is 22.1. The van der Waals surface area contributed by atoms with E-state index in [-0.39, 0.29) is 35.6 Å². The van der Waals surface area contributed by atoms with E-state index in [2.05, 4.69) is 30.7 Å². The van der Waals surface area contributed by atoms with E-state index in [1.54, 1.807) is 19.1 Å². The van der Waals surface area contributed by atoms with E-state index in [1.165, 1.54) is 11.6 Å². The van der Waals surface area contributed by atoms with Gasteiger partial charge in [-0.1, -0.05) is 0 Å². The van der Waals surface area contributed by atoms with Crippen molar-refractivity contribution in [3.8, 4) is 11.5 Å². The molecule has 1 saturated carbocycles. The Bertz CT molecular complexity index is 1340. The number of nitrogens with zero attached hydrogens (tertiary/aromatic N) is 5. The minimum Gasteiger partial charge on any atom is -0.383 e. The second-order valence-corrected chi connectivity index (χ2v) is 9.20. The number of carbonyl (C=O) groups is 2. The summed E-state index contributed by atoms with van der Waals surface area (Å²) < 4.78 is 28.4. The van der Waals surface area contributed by atoms with Crippen LogP contribution in [-0.2, 0) is 21.5 Å². The lowest BCUT2D eigenvalue weighted by Gasteiger charge is -2.21. The molecule has 1 atom stereocenters. The zero-order chi connectivity index (χ0) is 24.4. The number of fused-ring (bicyclic) bond motifs is 2. The van der Waals surface area contributed by atoms with Crippen molar-refractivity contribution in [2.24, 2.45) is 0 Å². The van der Waals surface area contributed by atoms with Crippen molar-refractivity contribution in [1.82, 2.24) is 30.0 Å². The molecule has 4 heterocycles. The van der Waals surface area contributed by atoms with Crippen LogP contribution in [0.25, 0.3) is 22.6 Å². The molecule has 3 aromatic heterocycles. The Morgan fingerprint density at radius 1 is 1.32 bits per heavy atom. The van der Waals surface area contributed by atoms with Crippen LogP contribution in [-0.4, -0.2) is 48.5 Å². The van der Waals surface area contributed by atoms with Gasteiger partial charge in [-0.05, 0) is 45.7 Å². The van der Waals surface area contributed by atoms with Crippen LogP contribution in [0, 0.1) is 6.92 Å². The number of aromatic nitrogens is 5. The number of nitrogens with one attached hydrogen (secondary N) is 2. The third-order valence-electron chi connectivity index (χ3n) is 6.20. The molecule has 34 heavy (non-hydrogen) atoms. The van der Waals surface area contributed by atoms with Crippen LogP contribution in [0.1, 0.15) is 44.4 Å². The molecule has 1 aliphatic carbocycles. The molecule has 12 heteroatoms. The molecule has 0 bridgehead atoms. The van der Waals surface area contributed by atoms with Gasteiger partial charge in [0.15, 0.2) is 16.9 Å². The van der Waals surface area contributed by atoms with Crippen molar-refractivity contribution in [1.29, 1.82) is 0 Å². The average Bonchev–Trinajstić information content (AvgIpc) is 3.43. The van der Waals surface area contributed by atoms with Crippen LogP contribution < -0.4 is 16.4 Å².